The van der Waals surface area contributed by atoms with Gasteiger partial charge >= 0.3 is 0 Å². The summed E-state index contributed by atoms with van der Waals surface area (Å²) in [6.07, 6.45) is 1.74. The van der Waals surface area contributed by atoms with Gasteiger partial charge in [-0.3, -0.25) is 0 Å². The average molecular weight is 195 g/mol. The van der Waals surface area contributed by atoms with Crippen molar-refractivity contribution in [1.29, 1.82) is 5.26 Å². The molecule has 0 radical (unpaired) electrons. The van der Waals surface area contributed by atoms with Crippen LogP contribution in [-0.2, 0) is 11.2 Å². The molecule has 0 atom stereocenters. The molecule has 0 spiro atoms. The zero-order chi connectivity index (χ0) is 9.68. The fourth-order valence-electron chi connectivity index (χ4n) is 0.943. The number of pyridine rings is 1. The van der Waals surface area contributed by atoms with Crippen molar-refractivity contribution in [1.82, 2.24) is 4.98 Å². The van der Waals surface area contributed by atoms with E-state index in [4.69, 9.17) is 16.9 Å². The van der Waals surface area contributed by atoms with E-state index in [0.29, 0.717) is 23.6 Å². The van der Waals surface area contributed by atoms with Crippen molar-refractivity contribution in [3.05, 3.63) is 28.5 Å². The summed E-state index contributed by atoms with van der Waals surface area (Å²) >= 11 is 5.73. The maximum Gasteiger partial charge on any atom is 0.142 e. The summed E-state index contributed by atoms with van der Waals surface area (Å²) in [5.74, 6) is 0. The van der Waals surface area contributed by atoms with Crippen molar-refractivity contribution < 1.29 is 4.79 Å². The molecule has 0 aliphatic carbocycles. The molecule has 1 heterocycles. The van der Waals surface area contributed by atoms with Crippen molar-refractivity contribution in [3.8, 4) is 6.07 Å². The summed E-state index contributed by atoms with van der Waals surface area (Å²) < 4.78 is 0. The lowest BCUT2D eigenvalue weighted by Gasteiger charge is -1.98. The van der Waals surface area contributed by atoms with Gasteiger partial charge in [-0.15, -0.1) is 0 Å². The van der Waals surface area contributed by atoms with Crippen LogP contribution in [0.25, 0.3) is 0 Å². The van der Waals surface area contributed by atoms with Gasteiger partial charge in [0.05, 0.1) is 0 Å². The number of carbonyl (C=O) groups is 1. The number of aldehydes is 1. The van der Waals surface area contributed by atoms with Gasteiger partial charge in [0.25, 0.3) is 0 Å². The van der Waals surface area contributed by atoms with Crippen molar-refractivity contribution in [2.75, 3.05) is 0 Å². The first-order valence-corrected chi connectivity index (χ1v) is 4.14. The SMILES string of the molecule is N#Cc1cc(Cl)cc(CCC=O)n1. The first-order chi connectivity index (χ1) is 6.26. The smallest absolute Gasteiger partial charge is 0.142 e. The van der Waals surface area contributed by atoms with Gasteiger partial charge in [-0.2, -0.15) is 5.26 Å². The minimum atomic E-state index is 0.286. The highest BCUT2D eigenvalue weighted by Gasteiger charge is 2.00. The second-order valence-corrected chi connectivity index (χ2v) is 2.92. The molecule has 0 N–H and O–H groups in total. The molecule has 0 aliphatic rings. The van der Waals surface area contributed by atoms with Gasteiger partial charge < -0.3 is 4.79 Å². The summed E-state index contributed by atoms with van der Waals surface area (Å²) in [7, 11) is 0. The summed E-state index contributed by atoms with van der Waals surface area (Å²) in [5, 5.41) is 9.05. The molecule has 13 heavy (non-hydrogen) atoms. The van der Waals surface area contributed by atoms with E-state index in [1.807, 2.05) is 6.07 Å². The fourth-order valence-corrected chi connectivity index (χ4v) is 1.17. The van der Waals surface area contributed by atoms with Crippen LogP contribution in [0.5, 0.6) is 0 Å². The van der Waals surface area contributed by atoms with E-state index in [2.05, 4.69) is 4.98 Å². The molecule has 0 aliphatic heterocycles. The first kappa shape index (κ1) is 9.69. The second kappa shape index (κ2) is 4.58. The van der Waals surface area contributed by atoms with Crippen LogP contribution in [0.2, 0.25) is 5.02 Å². The number of hydrogen-bond acceptors (Lipinski definition) is 3. The Labute approximate surface area is 81.0 Å². The van der Waals surface area contributed by atoms with Crippen molar-refractivity contribution in [2.24, 2.45) is 0 Å². The molecule has 0 saturated heterocycles. The zero-order valence-corrected chi connectivity index (χ0v) is 7.58. The van der Waals surface area contributed by atoms with Gasteiger partial charge in [0.1, 0.15) is 18.0 Å². The highest BCUT2D eigenvalue weighted by Crippen LogP contribution is 2.12. The van der Waals surface area contributed by atoms with Gasteiger partial charge in [-0.05, 0) is 18.6 Å². The van der Waals surface area contributed by atoms with Crippen LogP contribution in [0.3, 0.4) is 0 Å². The Morgan fingerprint density at radius 3 is 3.00 bits per heavy atom. The van der Waals surface area contributed by atoms with Crippen LogP contribution in [0.4, 0.5) is 0 Å². The quantitative estimate of drug-likeness (QED) is 0.689. The summed E-state index contributed by atoms with van der Waals surface area (Å²) in [5.41, 5.74) is 0.963. The van der Waals surface area contributed by atoms with Crippen molar-refractivity contribution in [3.63, 3.8) is 0 Å². The summed E-state index contributed by atoms with van der Waals surface area (Å²) in [6, 6.07) is 5.05. The lowest BCUT2D eigenvalue weighted by Crippen LogP contribution is -1.93. The molecule has 66 valence electrons. The topological polar surface area (TPSA) is 53.8 Å². The highest BCUT2D eigenvalue weighted by molar-refractivity contribution is 6.30. The van der Waals surface area contributed by atoms with E-state index < -0.39 is 0 Å². The van der Waals surface area contributed by atoms with Gasteiger partial charge in [0, 0.05) is 17.1 Å². The second-order valence-electron chi connectivity index (χ2n) is 2.48. The van der Waals surface area contributed by atoms with E-state index >= 15 is 0 Å². The molecule has 0 fully saturated rings. The molecule has 1 aromatic heterocycles. The Kier molecular flexibility index (Phi) is 3.41. The Hall–Kier alpha value is -1.40. The Morgan fingerprint density at radius 1 is 1.62 bits per heavy atom. The Balaban J connectivity index is 2.89. The predicted molar refractivity (Wildman–Crippen MR) is 48.3 cm³/mol. The molecule has 1 rings (SSSR count). The molecular formula is C9H7ClN2O. The largest absolute Gasteiger partial charge is 0.303 e. The van der Waals surface area contributed by atoms with Crippen LogP contribution in [0, 0.1) is 11.3 Å². The normalized spacial score (nSPS) is 9.23. The molecular weight excluding hydrogens is 188 g/mol. The highest BCUT2D eigenvalue weighted by atomic mass is 35.5. The number of aryl methyl sites for hydroxylation is 1. The lowest BCUT2D eigenvalue weighted by atomic mass is 10.2. The maximum absolute atomic E-state index is 10.1. The van der Waals surface area contributed by atoms with Crippen molar-refractivity contribution in [2.45, 2.75) is 12.8 Å². The van der Waals surface area contributed by atoms with Crippen molar-refractivity contribution >= 4 is 17.9 Å². The average Bonchev–Trinajstić information content (AvgIpc) is 2.14. The van der Waals surface area contributed by atoms with Crippen LogP contribution in [-0.4, -0.2) is 11.3 Å². The van der Waals surface area contributed by atoms with E-state index in [1.54, 1.807) is 6.07 Å². The number of nitrogens with zero attached hydrogens (tertiary/aromatic N) is 2. The Bertz CT molecular complexity index is 357. The molecule has 4 heteroatoms. The predicted octanol–water partition coefficient (Wildman–Crippen LogP) is 1.74. The van der Waals surface area contributed by atoms with Gasteiger partial charge in [-0.25, -0.2) is 4.98 Å². The van der Waals surface area contributed by atoms with Crippen LogP contribution in [0.1, 0.15) is 17.8 Å². The third-order valence-electron chi connectivity index (χ3n) is 1.48. The lowest BCUT2D eigenvalue weighted by molar-refractivity contribution is -0.107. The van der Waals surface area contributed by atoms with E-state index in [0.717, 1.165) is 6.29 Å². The van der Waals surface area contributed by atoms with Gasteiger partial charge in [0.2, 0.25) is 0 Å². The third kappa shape index (κ3) is 2.85. The summed E-state index contributed by atoms with van der Waals surface area (Å²) in [4.78, 5) is 14.1. The molecule has 1 aromatic rings. The first-order valence-electron chi connectivity index (χ1n) is 3.76. The van der Waals surface area contributed by atoms with E-state index in [1.165, 1.54) is 6.07 Å². The minimum absolute atomic E-state index is 0.286. The van der Waals surface area contributed by atoms with Crippen LogP contribution in [0.15, 0.2) is 12.1 Å². The van der Waals surface area contributed by atoms with Crippen LogP contribution < -0.4 is 0 Å². The number of hydrogen-bond donors (Lipinski definition) is 0. The summed E-state index contributed by atoms with van der Waals surface area (Å²) in [6.45, 7) is 0. The van der Waals surface area contributed by atoms with E-state index in [-0.39, 0.29) is 5.69 Å². The standard InChI is InChI=1S/C9H7ClN2O/c10-7-4-8(2-1-3-13)12-9(5-7)6-11/h3-5H,1-2H2. The number of rotatable bonds is 3. The van der Waals surface area contributed by atoms with E-state index in [9.17, 15) is 4.79 Å². The molecule has 0 amide bonds. The third-order valence-corrected chi connectivity index (χ3v) is 1.69. The maximum atomic E-state index is 10.1. The molecule has 0 bridgehead atoms. The zero-order valence-electron chi connectivity index (χ0n) is 6.83. The molecule has 0 saturated carbocycles. The Morgan fingerprint density at radius 2 is 2.38 bits per heavy atom. The number of nitriles is 1. The van der Waals surface area contributed by atoms with Crippen LogP contribution >= 0.6 is 11.6 Å². The van der Waals surface area contributed by atoms with Gasteiger partial charge in [0.15, 0.2) is 0 Å². The van der Waals surface area contributed by atoms with Gasteiger partial charge in [-0.1, -0.05) is 11.6 Å². The molecule has 3 nitrogen and oxygen atoms in total. The molecule has 0 aromatic carbocycles. The fraction of sp³-hybridized carbons (Fsp3) is 0.222. The minimum Gasteiger partial charge on any atom is -0.303 e. The monoisotopic (exact) mass is 194 g/mol. The number of aromatic nitrogens is 1. The number of carbonyl (C=O) groups excluding carboxylic acids is 1. The molecule has 0 unspecified atom stereocenters. The number of halogens is 1.